The van der Waals surface area contributed by atoms with Gasteiger partial charge in [0.15, 0.2) is 0 Å². The molecule has 0 nitrogen and oxygen atoms in total. The first-order valence-corrected chi connectivity index (χ1v) is 0. The molecule has 0 radical (unpaired) electrons. The van der Waals surface area contributed by atoms with Crippen LogP contribution in [0.25, 0.3) is 0 Å². The normalized spacial score (nSPS) is 0. The van der Waals surface area contributed by atoms with E-state index in [0.717, 1.165) is 0 Å². The molecular weight excluding hydrogens is 221 g/mol. The summed E-state index contributed by atoms with van der Waals surface area (Å²) in [6, 6.07) is 0. The maximum atomic E-state index is 0. The third-order valence-electron chi connectivity index (χ3n) is 0. The van der Waals surface area contributed by atoms with E-state index in [0.29, 0.717) is 0 Å². The Hall–Kier alpha value is 6.74. The SMILES string of the molecule is [CaH2].[KH].[LiH].[MgH2].[NaH].[SrH2]. The van der Waals surface area contributed by atoms with E-state index in [-0.39, 0.29) is 206 Å². The Labute approximate surface area is 199 Å². The van der Waals surface area contributed by atoms with E-state index in [2.05, 4.69) is 0 Å². The summed E-state index contributed by atoms with van der Waals surface area (Å²) in [5.74, 6) is 0. The zero-order valence-corrected chi connectivity index (χ0v) is 0. The monoisotopic (exact) mass is 230 g/mol. The van der Waals surface area contributed by atoms with E-state index >= 15 is 0 Å². The molecule has 0 spiro atoms. The molecule has 0 N–H and O–H groups in total. The van der Waals surface area contributed by atoms with Crippen LogP contribution in [0, 0.1) is 0 Å². The van der Waals surface area contributed by atoms with E-state index in [1.54, 1.807) is 0 Å². The Morgan fingerprint density at radius 2 is 1.00 bits per heavy atom. The number of hydrogen-bond acceptors (Lipinski definition) is 0. The fourth-order valence-electron chi connectivity index (χ4n) is 0. The minimum absolute atomic E-state index is 0. The minimum atomic E-state index is 0. The molecular formula is H9CaKLiMgNaSr. The average Bonchev–Trinajstić information content (AvgIpc) is 0. The standard InChI is InChI=1S/Ca.K.Li.Mg.Na.Sr.9H. The molecule has 0 aliphatic rings. The average molecular weight is 230 g/mol. The third kappa shape index (κ3) is 22.4. The van der Waals surface area contributed by atoms with E-state index in [4.69, 9.17) is 0 Å². The van der Waals surface area contributed by atoms with Gasteiger partial charge in [-0.15, -0.1) is 0 Å². The zero-order chi connectivity index (χ0) is 0. The molecule has 0 aromatic carbocycles. The second-order valence-electron chi connectivity index (χ2n) is 0. The van der Waals surface area contributed by atoms with Gasteiger partial charge in [0.2, 0.25) is 0 Å². The molecule has 0 fully saturated rings. The van der Waals surface area contributed by atoms with Crippen LogP contribution in [-0.2, 0) is 0 Å². The van der Waals surface area contributed by atoms with Crippen LogP contribution in [0.2, 0.25) is 0 Å². The van der Waals surface area contributed by atoms with Crippen LogP contribution in [0.4, 0.5) is 0 Å². The molecule has 6 heteroatoms. The Kier molecular flexibility index (Phi) is 192. The predicted molar refractivity (Wildman–Crippen MR) is 47.1 cm³/mol. The molecule has 6 heavy (non-hydrogen) atoms. The van der Waals surface area contributed by atoms with Crippen molar-refractivity contribution in [2.24, 2.45) is 0 Å². The van der Waals surface area contributed by atoms with Crippen LogP contribution in [0.1, 0.15) is 0 Å². The van der Waals surface area contributed by atoms with Gasteiger partial charge in [0.1, 0.15) is 0 Å². The van der Waals surface area contributed by atoms with E-state index in [1.807, 2.05) is 0 Å². The summed E-state index contributed by atoms with van der Waals surface area (Å²) in [5, 5.41) is 0. The van der Waals surface area contributed by atoms with Gasteiger partial charge in [0.25, 0.3) is 0 Å². The van der Waals surface area contributed by atoms with Gasteiger partial charge in [-0.25, -0.2) is 0 Å². The van der Waals surface area contributed by atoms with Crippen molar-refractivity contribution in [3.63, 3.8) is 0 Å². The molecule has 0 rings (SSSR count). The van der Waals surface area contributed by atoms with Crippen molar-refractivity contribution in [1.29, 1.82) is 0 Å². The Morgan fingerprint density at radius 3 is 1.00 bits per heavy atom. The van der Waals surface area contributed by atoms with Crippen molar-refractivity contribution in [3.05, 3.63) is 0 Å². The second kappa shape index (κ2) is 29.8. The van der Waals surface area contributed by atoms with E-state index < -0.39 is 0 Å². The molecule has 0 aromatic rings. The van der Waals surface area contributed by atoms with Crippen molar-refractivity contribution in [2.45, 2.75) is 0 Å². The molecule has 0 unspecified atom stereocenters. The summed E-state index contributed by atoms with van der Waals surface area (Å²) in [6.07, 6.45) is 0. The summed E-state index contributed by atoms with van der Waals surface area (Å²) >= 11 is 0. The third-order valence-corrected chi connectivity index (χ3v) is 0. The van der Waals surface area contributed by atoms with Crippen LogP contribution in [0.15, 0.2) is 0 Å². The summed E-state index contributed by atoms with van der Waals surface area (Å²) in [6.45, 7) is 0. The Balaban J connectivity index is 0. The van der Waals surface area contributed by atoms with Gasteiger partial charge in [-0.2, -0.15) is 0 Å². The van der Waals surface area contributed by atoms with Gasteiger partial charge in [-0.05, 0) is 0 Å². The van der Waals surface area contributed by atoms with Crippen molar-refractivity contribution < 1.29 is 0 Å². The van der Waals surface area contributed by atoms with Crippen molar-refractivity contribution in [3.8, 4) is 0 Å². The molecule has 0 aromatic heterocycles. The van der Waals surface area contributed by atoms with Crippen molar-refractivity contribution in [1.82, 2.24) is 0 Å². The van der Waals surface area contributed by atoms with Gasteiger partial charge < -0.3 is 0 Å². The second-order valence-corrected chi connectivity index (χ2v) is 0. The van der Waals surface area contributed by atoms with Crippen LogP contribution < -0.4 is 0 Å². The Bertz CT molecular complexity index is 15.5. The van der Waals surface area contributed by atoms with E-state index in [1.165, 1.54) is 0 Å². The molecule has 0 aliphatic carbocycles. The molecule has 0 aliphatic heterocycles. The summed E-state index contributed by atoms with van der Waals surface area (Å²) in [4.78, 5) is 0. The van der Waals surface area contributed by atoms with E-state index in [9.17, 15) is 0 Å². The molecule has 0 heterocycles. The summed E-state index contributed by atoms with van der Waals surface area (Å²) in [7, 11) is 0. The fourth-order valence-corrected chi connectivity index (χ4v) is 0. The summed E-state index contributed by atoms with van der Waals surface area (Å²) < 4.78 is 0. The van der Waals surface area contributed by atoms with Gasteiger partial charge >= 0.3 is 206 Å². The topological polar surface area (TPSA) is 0 Å². The first-order chi connectivity index (χ1) is 0. The molecule has 0 saturated carbocycles. The first kappa shape index (κ1) is 38.7. The van der Waals surface area contributed by atoms with Crippen LogP contribution in [0.5, 0.6) is 0 Å². The van der Waals surface area contributed by atoms with Crippen LogP contribution >= 0.6 is 0 Å². The van der Waals surface area contributed by atoms with Gasteiger partial charge in [0, 0.05) is 0 Å². The van der Waals surface area contributed by atoms with Gasteiger partial charge in [0.05, 0.1) is 0 Å². The predicted octanol–water partition coefficient (Wildman–Crippen LogP) is -4.69. The van der Waals surface area contributed by atoms with Crippen molar-refractivity contribution in [2.75, 3.05) is 0 Å². The molecule has 18 valence electrons. The quantitative estimate of drug-likeness (QED) is 0.367. The fraction of sp³-hybridized carbons (Fsp3) is 0. The maximum absolute atomic E-state index is 0. The number of hydrogen-bond donors (Lipinski definition) is 0. The van der Waals surface area contributed by atoms with Crippen molar-refractivity contribution >= 4 is 206 Å². The molecule has 0 bridgehead atoms. The van der Waals surface area contributed by atoms with Crippen LogP contribution in [0.3, 0.4) is 0 Å². The van der Waals surface area contributed by atoms with Crippen LogP contribution in [-0.4, -0.2) is 206 Å². The van der Waals surface area contributed by atoms with Gasteiger partial charge in [-0.1, -0.05) is 0 Å². The molecule has 0 atom stereocenters. The first-order valence-electron chi connectivity index (χ1n) is 0. The van der Waals surface area contributed by atoms with Gasteiger partial charge in [-0.3, -0.25) is 0 Å². The zero-order valence-electron chi connectivity index (χ0n) is 0. The Morgan fingerprint density at radius 1 is 1.00 bits per heavy atom. The number of rotatable bonds is 0. The molecule has 0 amide bonds. The summed E-state index contributed by atoms with van der Waals surface area (Å²) in [5.41, 5.74) is 0. The molecule has 0 saturated heterocycles.